The Labute approximate surface area is 134 Å². The topological polar surface area (TPSA) is 22.0 Å². The van der Waals surface area contributed by atoms with Gasteiger partial charge in [-0.05, 0) is 68.9 Å². The monoisotopic (exact) mass is 457 g/mol. The van der Waals surface area contributed by atoms with Gasteiger partial charge in [-0.1, -0.05) is 0 Å². The van der Waals surface area contributed by atoms with Crippen molar-refractivity contribution in [2.75, 3.05) is 0 Å². The van der Waals surface area contributed by atoms with Gasteiger partial charge >= 0.3 is 0 Å². The van der Waals surface area contributed by atoms with E-state index in [4.69, 9.17) is 0 Å². The summed E-state index contributed by atoms with van der Waals surface area (Å²) < 4.78 is 40.2. The molecule has 1 aromatic heterocycles. The molecule has 0 fully saturated rings. The van der Waals surface area contributed by atoms with Gasteiger partial charge in [0.15, 0.2) is 0 Å². The van der Waals surface area contributed by atoms with Crippen LogP contribution in [0.4, 0.5) is 13.2 Å². The van der Waals surface area contributed by atoms with Gasteiger partial charge in [0.2, 0.25) is 0 Å². The zero-order valence-corrected chi connectivity index (χ0v) is 13.7. The van der Waals surface area contributed by atoms with Crippen molar-refractivity contribution >= 4 is 38.5 Å². The van der Waals surface area contributed by atoms with E-state index in [1.165, 1.54) is 18.2 Å². The predicted molar refractivity (Wildman–Crippen MR) is 82.5 cm³/mol. The Morgan fingerprint density at radius 1 is 1.25 bits per heavy atom. The standard InChI is InChI=1S/C13H8BrF3INO/c14-9-5-7(15)1-2-8(9)11-4-3-10(18)13(20)19(11)6-12(16)17/h1-5,12H,6H2. The Bertz CT molecular complexity index is 703. The van der Waals surface area contributed by atoms with E-state index in [1.54, 1.807) is 34.7 Å². The third-order valence-corrected chi connectivity index (χ3v) is 4.13. The fraction of sp³-hybridized carbons (Fsp3) is 0.154. The van der Waals surface area contributed by atoms with Gasteiger partial charge in [-0.25, -0.2) is 13.2 Å². The van der Waals surface area contributed by atoms with Crippen LogP contribution in [0.5, 0.6) is 0 Å². The lowest BCUT2D eigenvalue weighted by atomic mass is 10.1. The van der Waals surface area contributed by atoms with Gasteiger partial charge in [0.25, 0.3) is 12.0 Å². The molecule has 0 saturated heterocycles. The molecule has 0 bridgehead atoms. The number of nitrogens with zero attached hydrogens (tertiary/aromatic N) is 1. The number of hydrogen-bond acceptors (Lipinski definition) is 1. The molecule has 0 aliphatic heterocycles. The Morgan fingerprint density at radius 2 is 1.95 bits per heavy atom. The molecule has 0 atom stereocenters. The average molecular weight is 458 g/mol. The maximum absolute atomic E-state index is 13.1. The fourth-order valence-corrected chi connectivity index (χ4v) is 2.83. The minimum atomic E-state index is -2.65. The predicted octanol–water partition coefficient (Wildman–Crippen LogP) is 4.29. The third-order valence-electron chi connectivity index (χ3n) is 2.66. The van der Waals surface area contributed by atoms with E-state index >= 15 is 0 Å². The highest BCUT2D eigenvalue weighted by Crippen LogP contribution is 2.28. The Balaban J connectivity index is 2.67. The van der Waals surface area contributed by atoms with Crippen LogP contribution in [0.15, 0.2) is 39.6 Å². The first kappa shape index (κ1) is 15.6. The van der Waals surface area contributed by atoms with Crippen molar-refractivity contribution < 1.29 is 13.2 Å². The Hall–Kier alpha value is -0.830. The molecule has 0 aliphatic carbocycles. The Morgan fingerprint density at radius 3 is 2.55 bits per heavy atom. The van der Waals surface area contributed by atoms with Crippen molar-refractivity contribution in [2.45, 2.75) is 13.0 Å². The second-order valence-electron chi connectivity index (χ2n) is 4.00. The lowest BCUT2D eigenvalue weighted by Crippen LogP contribution is -2.26. The van der Waals surface area contributed by atoms with Crippen molar-refractivity contribution in [1.29, 1.82) is 0 Å². The molecule has 1 heterocycles. The average Bonchev–Trinajstić information content (AvgIpc) is 2.36. The number of benzene rings is 1. The van der Waals surface area contributed by atoms with Gasteiger partial charge in [0.05, 0.1) is 15.8 Å². The lowest BCUT2D eigenvalue weighted by Gasteiger charge is -2.14. The molecule has 106 valence electrons. The van der Waals surface area contributed by atoms with Crippen LogP contribution in [0.2, 0.25) is 0 Å². The summed E-state index contributed by atoms with van der Waals surface area (Å²) in [5.74, 6) is -0.450. The quantitative estimate of drug-likeness (QED) is 0.630. The van der Waals surface area contributed by atoms with Crippen LogP contribution >= 0.6 is 38.5 Å². The summed E-state index contributed by atoms with van der Waals surface area (Å²) in [5, 5.41) is 0. The molecule has 2 nitrogen and oxygen atoms in total. The van der Waals surface area contributed by atoms with E-state index in [-0.39, 0.29) is 0 Å². The second-order valence-corrected chi connectivity index (χ2v) is 6.01. The van der Waals surface area contributed by atoms with Gasteiger partial charge in [-0.3, -0.25) is 4.79 Å². The van der Waals surface area contributed by atoms with Gasteiger partial charge in [-0.2, -0.15) is 0 Å². The normalized spacial score (nSPS) is 11.1. The molecule has 20 heavy (non-hydrogen) atoms. The molecule has 0 saturated carbocycles. The third kappa shape index (κ3) is 3.25. The smallest absolute Gasteiger partial charge is 0.264 e. The Kier molecular flexibility index (Phi) is 4.90. The van der Waals surface area contributed by atoms with E-state index < -0.39 is 24.3 Å². The minimum absolute atomic E-state index is 0.322. The zero-order chi connectivity index (χ0) is 14.9. The summed E-state index contributed by atoms with van der Waals surface area (Å²) in [6.45, 7) is -0.700. The fourth-order valence-electron chi connectivity index (χ4n) is 1.80. The first-order chi connectivity index (χ1) is 9.40. The van der Waals surface area contributed by atoms with Crippen molar-refractivity contribution in [2.24, 2.45) is 0 Å². The van der Waals surface area contributed by atoms with Crippen molar-refractivity contribution in [3.63, 3.8) is 0 Å². The van der Waals surface area contributed by atoms with Gasteiger partial charge in [-0.15, -0.1) is 0 Å². The SMILES string of the molecule is O=c1c(I)ccc(-c2ccc(F)cc2Br)n1CC(F)F. The lowest BCUT2D eigenvalue weighted by molar-refractivity contribution is 0.125. The van der Waals surface area contributed by atoms with Gasteiger partial charge in [0, 0.05) is 10.0 Å². The molecule has 0 amide bonds. The van der Waals surface area contributed by atoms with Gasteiger partial charge in [0.1, 0.15) is 5.82 Å². The number of halogens is 5. The summed E-state index contributed by atoms with van der Waals surface area (Å²) in [6, 6.07) is 7.02. The highest BCUT2D eigenvalue weighted by molar-refractivity contribution is 14.1. The van der Waals surface area contributed by atoms with Crippen molar-refractivity contribution in [3.05, 3.63) is 54.5 Å². The van der Waals surface area contributed by atoms with E-state index in [2.05, 4.69) is 15.9 Å². The molecule has 2 rings (SSSR count). The molecule has 2 aromatic rings. The zero-order valence-electron chi connectivity index (χ0n) is 9.92. The molecule has 0 unspecified atom stereocenters. The number of rotatable bonds is 3. The van der Waals surface area contributed by atoms with E-state index in [0.717, 1.165) is 4.57 Å². The van der Waals surface area contributed by atoms with E-state index in [0.29, 0.717) is 19.3 Å². The molecule has 7 heteroatoms. The highest BCUT2D eigenvalue weighted by Gasteiger charge is 2.15. The minimum Gasteiger partial charge on any atom is -0.302 e. The van der Waals surface area contributed by atoms with Crippen LogP contribution in [0.25, 0.3) is 11.3 Å². The number of aromatic nitrogens is 1. The van der Waals surface area contributed by atoms with E-state index in [9.17, 15) is 18.0 Å². The van der Waals surface area contributed by atoms with Crippen LogP contribution in [-0.2, 0) is 6.54 Å². The largest absolute Gasteiger partial charge is 0.302 e. The van der Waals surface area contributed by atoms with Crippen LogP contribution in [0.3, 0.4) is 0 Å². The van der Waals surface area contributed by atoms with Crippen LogP contribution in [-0.4, -0.2) is 11.0 Å². The maximum atomic E-state index is 13.1. The maximum Gasteiger partial charge on any atom is 0.264 e. The van der Waals surface area contributed by atoms with Crippen LogP contribution < -0.4 is 5.56 Å². The molecule has 0 radical (unpaired) electrons. The van der Waals surface area contributed by atoms with Gasteiger partial charge < -0.3 is 4.57 Å². The van der Waals surface area contributed by atoms with E-state index in [1.807, 2.05) is 0 Å². The first-order valence-corrected chi connectivity index (χ1v) is 7.40. The van der Waals surface area contributed by atoms with Crippen molar-refractivity contribution in [1.82, 2.24) is 4.57 Å². The molecule has 0 spiro atoms. The molecule has 0 aliphatic rings. The number of alkyl halides is 2. The molecular weight excluding hydrogens is 450 g/mol. The first-order valence-electron chi connectivity index (χ1n) is 5.53. The van der Waals surface area contributed by atoms with Crippen LogP contribution in [0.1, 0.15) is 0 Å². The highest BCUT2D eigenvalue weighted by atomic mass is 127. The summed E-state index contributed by atoms with van der Waals surface area (Å²) in [4.78, 5) is 12.0. The molecule has 1 aromatic carbocycles. The summed E-state index contributed by atoms with van der Waals surface area (Å²) >= 11 is 4.98. The summed E-state index contributed by atoms with van der Waals surface area (Å²) in [5.41, 5.74) is 0.322. The number of pyridine rings is 1. The second kappa shape index (κ2) is 6.30. The van der Waals surface area contributed by atoms with Crippen LogP contribution in [0, 0.1) is 9.39 Å². The molecular formula is C13H8BrF3INO. The number of hydrogen-bond donors (Lipinski definition) is 0. The summed E-state index contributed by atoms with van der Waals surface area (Å²) in [7, 11) is 0. The molecule has 0 N–H and O–H groups in total. The van der Waals surface area contributed by atoms with Crippen molar-refractivity contribution in [3.8, 4) is 11.3 Å². The summed E-state index contributed by atoms with van der Waals surface area (Å²) in [6.07, 6.45) is -2.65.